The molecule has 5 heteroatoms. The van der Waals surface area contributed by atoms with Crippen molar-refractivity contribution in [2.45, 2.75) is 39.4 Å². The number of nitrogens with zero attached hydrogens (tertiary/aromatic N) is 3. The van der Waals surface area contributed by atoms with E-state index in [2.05, 4.69) is 28.9 Å². The monoisotopic (exact) mass is 393 g/mol. The van der Waals surface area contributed by atoms with E-state index in [9.17, 15) is 9.18 Å². The number of carbonyl (C=O) groups is 1. The third-order valence-corrected chi connectivity index (χ3v) is 6.02. The number of rotatable bonds is 4. The number of hydrogen-bond donors (Lipinski definition) is 0. The van der Waals surface area contributed by atoms with Gasteiger partial charge < -0.3 is 4.90 Å². The van der Waals surface area contributed by atoms with Crippen molar-refractivity contribution in [1.82, 2.24) is 4.90 Å². The quantitative estimate of drug-likeness (QED) is 0.769. The summed E-state index contributed by atoms with van der Waals surface area (Å²) in [5, 5.41) is 0. The van der Waals surface area contributed by atoms with Gasteiger partial charge in [0.1, 0.15) is 6.17 Å². The number of anilines is 2. The molecule has 1 amide bonds. The minimum atomic E-state index is -0.676. The molecule has 2 aliphatic rings. The van der Waals surface area contributed by atoms with Crippen molar-refractivity contribution >= 4 is 17.3 Å². The van der Waals surface area contributed by atoms with Crippen molar-refractivity contribution in [1.29, 1.82) is 0 Å². The molecule has 2 heterocycles. The van der Waals surface area contributed by atoms with Crippen LogP contribution < -0.4 is 9.80 Å². The summed E-state index contributed by atoms with van der Waals surface area (Å²) in [5.74, 6) is 0.00252. The summed E-state index contributed by atoms with van der Waals surface area (Å²) in [5.41, 5.74) is 5.32. The summed E-state index contributed by atoms with van der Waals surface area (Å²) in [6, 6.07) is 11.8. The fourth-order valence-electron chi connectivity index (χ4n) is 4.28. The Morgan fingerprint density at radius 1 is 1.10 bits per heavy atom. The molecule has 0 spiro atoms. The highest BCUT2D eigenvalue weighted by Gasteiger charge is 2.31. The highest BCUT2D eigenvalue weighted by Crippen LogP contribution is 2.33. The van der Waals surface area contributed by atoms with E-state index in [1.54, 1.807) is 0 Å². The molecule has 4 rings (SSSR count). The largest absolute Gasteiger partial charge is 0.353 e. The third kappa shape index (κ3) is 4.01. The maximum Gasteiger partial charge on any atom is 0.261 e. The normalized spacial score (nSPS) is 18.3. The minimum absolute atomic E-state index is 0.00252. The topological polar surface area (TPSA) is 26.8 Å². The second-order valence-electron chi connectivity index (χ2n) is 8.08. The summed E-state index contributed by atoms with van der Waals surface area (Å²) in [7, 11) is 0. The van der Waals surface area contributed by atoms with Crippen LogP contribution in [0.2, 0.25) is 0 Å². The highest BCUT2D eigenvalue weighted by molar-refractivity contribution is 6.12. The van der Waals surface area contributed by atoms with Gasteiger partial charge in [0.25, 0.3) is 5.91 Å². The SMILES string of the molecule is [CH]c1ccc(C)c(N2CN(CC)c3ccc(CN4CCC(F)CC4)cc3C2=O)c1. The number of halogens is 1. The van der Waals surface area contributed by atoms with Crippen LogP contribution in [0.1, 0.15) is 46.8 Å². The van der Waals surface area contributed by atoms with Crippen LogP contribution in [0.3, 0.4) is 0 Å². The van der Waals surface area contributed by atoms with Gasteiger partial charge in [-0.3, -0.25) is 14.6 Å². The van der Waals surface area contributed by atoms with Gasteiger partial charge in [-0.25, -0.2) is 4.39 Å². The van der Waals surface area contributed by atoms with Gasteiger partial charge in [-0.1, -0.05) is 18.2 Å². The van der Waals surface area contributed by atoms with Crippen LogP contribution in [0.4, 0.5) is 15.8 Å². The Hall–Kier alpha value is -2.40. The molecule has 4 nitrogen and oxygen atoms in total. The molecule has 0 aliphatic carbocycles. The second-order valence-corrected chi connectivity index (χ2v) is 8.08. The zero-order valence-corrected chi connectivity index (χ0v) is 17.2. The molecule has 2 aliphatic heterocycles. The molecule has 1 fully saturated rings. The highest BCUT2D eigenvalue weighted by atomic mass is 19.1. The number of amides is 1. The molecule has 1 saturated heterocycles. The van der Waals surface area contributed by atoms with Crippen LogP contribution in [-0.4, -0.2) is 43.3 Å². The Bertz CT molecular complexity index is 905. The molecule has 0 aromatic heterocycles. The molecule has 0 N–H and O–H groups in total. The fraction of sp³-hybridized carbons (Fsp3) is 0.417. The molecular formula is C24H28FN3O. The lowest BCUT2D eigenvalue weighted by Gasteiger charge is -2.38. The minimum Gasteiger partial charge on any atom is -0.353 e. The van der Waals surface area contributed by atoms with Crippen molar-refractivity contribution in [3.05, 3.63) is 65.6 Å². The number of benzene rings is 2. The molecule has 29 heavy (non-hydrogen) atoms. The van der Waals surface area contributed by atoms with Crippen molar-refractivity contribution in [3.63, 3.8) is 0 Å². The lowest BCUT2D eigenvalue weighted by molar-refractivity contribution is 0.0982. The van der Waals surface area contributed by atoms with E-state index in [1.807, 2.05) is 36.1 Å². The average Bonchev–Trinajstić information content (AvgIpc) is 2.72. The average molecular weight is 394 g/mol. The molecule has 0 saturated carbocycles. The van der Waals surface area contributed by atoms with E-state index in [4.69, 9.17) is 6.92 Å². The predicted octanol–water partition coefficient (Wildman–Crippen LogP) is 4.43. The van der Waals surface area contributed by atoms with Crippen molar-refractivity contribution in [3.8, 4) is 0 Å². The summed E-state index contributed by atoms with van der Waals surface area (Å²) in [4.78, 5) is 19.7. The van der Waals surface area contributed by atoms with Crippen molar-refractivity contribution in [2.24, 2.45) is 0 Å². The first-order valence-corrected chi connectivity index (χ1v) is 10.4. The Morgan fingerprint density at radius 2 is 1.86 bits per heavy atom. The molecule has 2 aromatic rings. The number of alkyl halides is 1. The zero-order chi connectivity index (χ0) is 20.5. The number of likely N-dealkylation sites (tertiary alicyclic amines) is 1. The van der Waals surface area contributed by atoms with Gasteiger partial charge >= 0.3 is 0 Å². The summed E-state index contributed by atoms with van der Waals surface area (Å²) in [6.45, 7) is 13.7. The Morgan fingerprint density at radius 3 is 2.59 bits per heavy atom. The molecule has 0 unspecified atom stereocenters. The van der Waals surface area contributed by atoms with Gasteiger partial charge in [0.15, 0.2) is 0 Å². The van der Waals surface area contributed by atoms with Crippen LogP contribution in [0.25, 0.3) is 0 Å². The summed E-state index contributed by atoms with van der Waals surface area (Å²) in [6.07, 6.45) is 0.510. The van der Waals surface area contributed by atoms with Gasteiger partial charge in [0.2, 0.25) is 0 Å². The van der Waals surface area contributed by atoms with Crippen molar-refractivity contribution in [2.75, 3.05) is 36.1 Å². The van der Waals surface area contributed by atoms with E-state index in [1.165, 1.54) is 0 Å². The molecular weight excluding hydrogens is 365 g/mol. The molecule has 152 valence electrons. The standard InChI is InChI=1S/C24H28FN3O/c1-4-27-16-28(23-13-17(2)5-6-18(23)3)24(29)21-14-19(7-8-22(21)27)15-26-11-9-20(25)10-12-26/h2,5-8,13-14,20H,4,9-12,15-16H2,1,3H3. The van der Waals surface area contributed by atoms with E-state index in [-0.39, 0.29) is 5.91 Å². The van der Waals surface area contributed by atoms with Crippen LogP contribution in [0.5, 0.6) is 0 Å². The Balaban J connectivity index is 1.64. The van der Waals surface area contributed by atoms with Crippen LogP contribution in [-0.2, 0) is 6.54 Å². The first-order valence-electron chi connectivity index (χ1n) is 10.4. The molecule has 2 radical (unpaired) electrons. The van der Waals surface area contributed by atoms with E-state index < -0.39 is 6.17 Å². The number of hydrogen-bond acceptors (Lipinski definition) is 3. The predicted molar refractivity (Wildman–Crippen MR) is 115 cm³/mol. The third-order valence-electron chi connectivity index (χ3n) is 6.02. The molecule has 0 bridgehead atoms. The second kappa shape index (κ2) is 8.15. The Labute approximate surface area is 172 Å². The summed E-state index contributed by atoms with van der Waals surface area (Å²) >= 11 is 0. The number of fused-ring (bicyclic) bond motifs is 1. The lowest BCUT2D eigenvalue weighted by Crippen LogP contribution is -2.47. The van der Waals surface area contributed by atoms with Gasteiger partial charge in [-0.05, 0) is 68.5 Å². The van der Waals surface area contributed by atoms with Gasteiger partial charge in [0, 0.05) is 31.9 Å². The van der Waals surface area contributed by atoms with E-state index in [0.29, 0.717) is 25.1 Å². The van der Waals surface area contributed by atoms with Crippen LogP contribution >= 0.6 is 0 Å². The van der Waals surface area contributed by atoms with Crippen LogP contribution in [0, 0.1) is 13.8 Å². The van der Waals surface area contributed by atoms with Crippen molar-refractivity contribution < 1.29 is 9.18 Å². The molecule has 0 atom stereocenters. The smallest absolute Gasteiger partial charge is 0.261 e. The maximum atomic E-state index is 13.4. The first-order chi connectivity index (χ1) is 14.0. The van der Waals surface area contributed by atoms with E-state index in [0.717, 1.165) is 54.2 Å². The Kier molecular flexibility index (Phi) is 5.59. The van der Waals surface area contributed by atoms with Crippen LogP contribution in [0.15, 0.2) is 36.4 Å². The number of carbonyl (C=O) groups excluding carboxylic acids is 1. The van der Waals surface area contributed by atoms with Gasteiger partial charge in [0.05, 0.1) is 17.9 Å². The number of aryl methyl sites for hydroxylation is 1. The van der Waals surface area contributed by atoms with Gasteiger partial charge in [-0.2, -0.15) is 0 Å². The maximum absolute atomic E-state index is 13.4. The fourth-order valence-corrected chi connectivity index (χ4v) is 4.28. The number of piperidine rings is 1. The van der Waals surface area contributed by atoms with E-state index >= 15 is 0 Å². The molecule has 2 aromatic carbocycles. The summed E-state index contributed by atoms with van der Waals surface area (Å²) < 4.78 is 13.4. The first kappa shape index (κ1) is 19.9. The lowest BCUT2D eigenvalue weighted by atomic mass is 10.0. The van der Waals surface area contributed by atoms with Gasteiger partial charge in [-0.15, -0.1) is 0 Å². The zero-order valence-electron chi connectivity index (χ0n) is 17.2.